The third-order valence-electron chi connectivity index (χ3n) is 6.25. The second-order valence-electron chi connectivity index (χ2n) is 8.55. The largest absolute Gasteiger partial charge is 0.309 e. The first-order chi connectivity index (χ1) is 17.3. The zero-order valence-electron chi connectivity index (χ0n) is 19.3. The lowest BCUT2D eigenvalue weighted by atomic mass is 10.1. The smallest absolute Gasteiger partial charge is 0.0630 e. The number of aliphatic imine (C=N–C) groups is 1. The number of rotatable bonds is 5. The zero-order chi connectivity index (χ0) is 23.5. The molecule has 6 rings (SSSR count). The van der Waals surface area contributed by atoms with Crippen molar-refractivity contribution in [2.24, 2.45) is 4.99 Å². The number of aromatic nitrogens is 1. The molecule has 1 aromatic heterocycles. The molecule has 0 spiro atoms. The van der Waals surface area contributed by atoms with Gasteiger partial charge in [-0.25, -0.2) is 0 Å². The maximum atomic E-state index is 4.56. The topological polar surface area (TPSA) is 17.3 Å². The number of hydrogen-bond donors (Lipinski definition) is 0. The Balaban J connectivity index is 1.22. The highest BCUT2D eigenvalue weighted by Crippen LogP contribution is 2.31. The molecule has 5 aromatic carbocycles. The van der Waals surface area contributed by atoms with Crippen LogP contribution in [-0.4, -0.2) is 10.8 Å². The fourth-order valence-electron chi connectivity index (χ4n) is 4.49. The first kappa shape index (κ1) is 20.9. The molecule has 35 heavy (non-hydrogen) atoms. The summed E-state index contributed by atoms with van der Waals surface area (Å²) in [5.41, 5.74) is 7.98. The Hall–Kier alpha value is -4.69. The first-order valence-electron chi connectivity index (χ1n) is 11.8. The Bertz CT molecular complexity index is 1600. The summed E-state index contributed by atoms with van der Waals surface area (Å²) in [6.45, 7) is 0. The van der Waals surface area contributed by atoms with E-state index in [4.69, 9.17) is 0 Å². The van der Waals surface area contributed by atoms with Gasteiger partial charge in [0.1, 0.15) is 0 Å². The van der Waals surface area contributed by atoms with E-state index in [1.807, 2.05) is 48.7 Å². The van der Waals surface area contributed by atoms with Crippen LogP contribution in [0, 0.1) is 0 Å². The van der Waals surface area contributed by atoms with Gasteiger partial charge in [0.2, 0.25) is 0 Å². The molecule has 0 bridgehead atoms. The highest BCUT2D eigenvalue weighted by atomic mass is 15.0. The summed E-state index contributed by atoms with van der Waals surface area (Å²) >= 11 is 0. The van der Waals surface area contributed by atoms with Gasteiger partial charge in [-0.15, -0.1) is 0 Å². The predicted molar refractivity (Wildman–Crippen MR) is 150 cm³/mol. The molecular formula is C33H24N2. The standard InChI is InChI=1S/C33H24N2/c1-2-8-27(9-3-1)24-34-28-20-16-25(17-21-28)14-15-26-18-22-29(23-19-26)35-32-12-6-4-10-30(32)31-11-5-7-13-33(31)35/h1-24H/b15-14+,34-24?. The third-order valence-corrected chi connectivity index (χ3v) is 6.25. The summed E-state index contributed by atoms with van der Waals surface area (Å²) in [6, 6.07) is 44.4. The van der Waals surface area contributed by atoms with Crippen molar-refractivity contribution in [3.8, 4) is 5.69 Å². The normalized spacial score (nSPS) is 11.8. The van der Waals surface area contributed by atoms with Crippen LogP contribution in [0.3, 0.4) is 0 Å². The molecule has 2 nitrogen and oxygen atoms in total. The molecule has 0 unspecified atom stereocenters. The Morgan fingerprint density at radius 2 is 0.971 bits per heavy atom. The van der Waals surface area contributed by atoms with Gasteiger partial charge in [-0.2, -0.15) is 0 Å². The zero-order valence-corrected chi connectivity index (χ0v) is 19.3. The van der Waals surface area contributed by atoms with Crippen LogP contribution in [0.4, 0.5) is 5.69 Å². The molecule has 0 atom stereocenters. The summed E-state index contributed by atoms with van der Waals surface area (Å²) in [4.78, 5) is 4.56. The van der Waals surface area contributed by atoms with Crippen LogP contribution in [-0.2, 0) is 0 Å². The van der Waals surface area contributed by atoms with Crippen molar-refractivity contribution in [1.82, 2.24) is 4.57 Å². The second kappa shape index (κ2) is 9.28. The van der Waals surface area contributed by atoms with Crippen LogP contribution in [0.2, 0.25) is 0 Å². The molecule has 0 saturated heterocycles. The number of hydrogen-bond acceptors (Lipinski definition) is 1. The van der Waals surface area contributed by atoms with Crippen molar-refractivity contribution in [3.63, 3.8) is 0 Å². The van der Waals surface area contributed by atoms with Gasteiger partial charge in [0.05, 0.1) is 16.7 Å². The lowest BCUT2D eigenvalue weighted by Gasteiger charge is -2.08. The van der Waals surface area contributed by atoms with E-state index in [2.05, 4.69) is 107 Å². The predicted octanol–water partition coefficient (Wildman–Crippen LogP) is 8.70. The van der Waals surface area contributed by atoms with E-state index in [1.54, 1.807) is 0 Å². The highest BCUT2D eigenvalue weighted by Gasteiger charge is 2.10. The Labute approximate surface area is 205 Å². The minimum atomic E-state index is 0.946. The van der Waals surface area contributed by atoms with Crippen molar-refractivity contribution in [2.75, 3.05) is 0 Å². The van der Waals surface area contributed by atoms with E-state index < -0.39 is 0 Å². The lowest BCUT2D eigenvalue weighted by molar-refractivity contribution is 1.18. The number of benzene rings is 5. The van der Waals surface area contributed by atoms with Crippen LogP contribution in [0.1, 0.15) is 16.7 Å². The molecule has 166 valence electrons. The van der Waals surface area contributed by atoms with Gasteiger partial charge >= 0.3 is 0 Å². The Morgan fingerprint density at radius 3 is 1.57 bits per heavy atom. The molecule has 0 amide bonds. The van der Waals surface area contributed by atoms with Crippen LogP contribution in [0.25, 0.3) is 39.6 Å². The molecule has 0 aliphatic rings. The van der Waals surface area contributed by atoms with Gasteiger partial charge in [-0.05, 0) is 53.1 Å². The van der Waals surface area contributed by atoms with Gasteiger partial charge < -0.3 is 4.57 Å². The van der Waals surface area contributed by atoms with Gasteiger partial charge in [0, 0.05) is 22.7 Å². The molecule has 0 aliphatic carbocycles. The van der Waals surface area contributed by atoms with E-state index in [1.165, 1.54) is 33.1 Å². The quantitative estimate of drug-likeness (QED) is 0.185. The van der Waals surface area contributed by atoms with E-state index in [0.29, 0.717) is 0 Å². The van der Waals surface area contributed by atoms with Crippen molar-refractivity contribution < 1.29 is 0 Å². The maximum Gasteiger partial charge on any atom is 0.0630 e. The molecular weight excluding hydrogens is 424 g/mol. The van der Waals surface area contributed by atoms with Crippen molar-refractivity contribution in [2.45, 2.75) is 0 Å². The number of fused-ring (bicyclic) bond motifs is 3. The maximum absolute atomic E-state index is 4.56. The molecule has 6 aromatic rings. The summed E-state index contributed by atoms with van der Waals surface area (Å²) in [7, 11) is 0. The summed E-state index contributed by atoms with van der Waals surface area (Å²) in [5.74, 6) is 0. The molecule has 1 heterocycles. The molecule has 0 fully saturated rings. The minimum Gasteiger partial charge on any atom is -0.309 e. The van der Waals surface area contributed by atoms with E-state index in [-0.39, 0.29) is 0 Å². The third kappa shape index (κ3) is 4.30. The van der Waals surface area contributed by atoms with Gasteiger partial charge in [0.15, 0.2) is 0 Å². The first-order valence-corrected chi connectivity index (χ1v) is 11.8. The summed E-state index contributed by atoms with van der Waals surface area (Å²) < 4.78 is 2.34. The minimum absolute atomic E-state index is 0.946. The SMILES string of the molecule is C(=Nc1ccc(/C=C/c2ccc(-n3c4ccccc4c4ccccc43)cc2)cc1)c1ccccc1. The van der Waals surface area contributed by atoms with Gasteiger partial charge in [-0.3, -0.25) is 4.99 Å². The fraction of sp³-hybridized carbons (Fsp3) is 0. The molecule has 0 N–H and O–H groups in total. The second-order valence-corrected chi connectivity index (χ2v) is 8.55. The van der Waals surface area contributed by atoms with E-state index >= 15 is 0 Å². The molecule has 0 aliphatic heterocycles. The van der Waals surface area contributed by atoms with Crippen molar-refractivity contribution in [1.29, 1.82) is 0 Å². The van der Waals surface area contributed by atoms with Crippen LogP contribution >= 0.6 is 0 Å². The molecule has 0 radical (unpaired) electrons. The van der Waals surface area contributed by atoms with E-state index in [0.717, 1.165) is 16.8 Å². The fourth-order valence-corrected chi connectivity index (χ4v) is 4.49. The van der Waals surface area contributed by atoms with Crippen LogP contribution in [0.5, 0.6) is 0 Å². The van der Waals surface area contributed by atoms with Crippen LogP contribution < -0.4 is 0 Å². The average Bonchev–Trinajstić information content (AvgIpc) is 3.27. The summed E-state index contributed by atoms with van der Waals surface area (Å²) in [5, 5.41) is 2.56. The molecule has 2 heteroatoms. The van der Waals surface area contributed by atoms with Crippen LogP contribution in [0.15, 0.2) is 132 Å². The number of nitrogens with zero attached hydrogens (tertiary/aromatic N) is 2. The van der Waals surface area contributed by atoms with Gasteiger partial charge in [-0.1, -0.05) is 103 Å². The van der Waals surface area contributed by atoms with E-state index in [9.17, 15) is 0 Å². The Kier molecular flexibility index (Phi) is 5.54. The van der Waals surface area contributed by atoms with Gasteiger partial charge in [0.25, 0.3) is 0 Å². The lowest BCUT2D eigenvalue weighted by Crippen LogP contribution is -1.93. The van der Waals surface area contributed by atoms with Crippen molar-refractivity contribution in [3.05, 3.63) is 144 Å². The van der Waals surface area contributed by atoms with Crippen molar-refractivity contribution >= 4 is 45.9 Å². The highest BCUT2D eigenvalue weighted by molar-refractivity contribution is 6.09. The monoisotopic (exact) mass is 448 g/mol. The number of para-hydroxylation sites is 2. The average molecular weight is 449 g/mol. The molecule has 0 saturated carbocycles. The summed E-state index contributed by atoms with van der Waals surface area (Å²) in [6.07, 6.45) is 6.18. The Morgan fingerprint density at radius 1 is 0.457 bits per heavy atom.